The molecule has 0 radical (unpaired) electrons. The SMILES string of the molecule is O=c1ccc2c3ccc(=O)c4cccc(c5cccc1c52)c43. The maximum absolute atomic E-state index is 12.2. The summed E-state index contributed by atoms with van der Waals surface area (Å²) in [4.78, 5) is 24.4. The van der Waals surface area contributed by atoms with Gasteiger partial charge >= 0.3 is 0 Å². The molecule has 0 atom stereocenters. The second kappa shape index (κ2) is 3.80. The van der Waals surface area contributed by atoms with Gasteiger partial charge in [-0.15, -0.1) is 0 Å². The maximum Gasteiger partial charge on any atom is 0.186 e. The topological polar surface area (TPSA) is 34.1 Å². The fraction of sp³-hybridized carbons (Fsp3) is 0. The van der Waals surface area contributed by atoms with Crippen molar-refractivity contribution in [2.75, 3.05) is 0 Å². The molecule has 0 spiro atoms. The molecular weight excluding hydrogens is 272 g/mol. The summed E-state index contributed by atoms with van der Waals surface area (Å²) in [5.41, 5.74) is 0.0772. The minimum absolute atomic E-state index is 0.0386. The zero-order valence-electron chi connectivity index (χ0n) is 11.6. The van der Waals surface area contributed by atoms with E-state index in [-0.39, 0.29) is 10.9 Å². The molecule has 0 saturated heterocycles. The molecule has 22 heavy (non-hydrogen) atoms. The minimum Gasteiger partial charge on any atom is -0.289 e. The lowest BCUT2D eigenvalue weighted by Crippen LogP contribution is -2.02. The van der Waals surface area contributed by atoms with Gasteiger partial charge in [0.25, 0.3) is 0 Å². The van der Waals surface area contributed by atoms with Crippen LogP contribution in [0.2, 0.25) is 0 Å². The van der Waals surface area contributed by atoms with Crippen LogP contribution in [0.1, 0.15) is 0 Å². The fourth-order valence-electron chi connectivity index (χ4n) is 3.66. The molecule has 0 unspecified atom stereocenters. The van der Waals surface area contributed by atoms with Crippen molar-refractivity contribution < 1.29 is 0 Å². The van der Waals surface area contributed by atoms with E-state index in [1.54, 1.807) is 12.1 Å². The molecule has 0 aliphatic rings. The third-order valence-corrected chi connectivity index (χ3v) is 4.58. The lowest BCUT2D eigenvalue weighted by Gasteiger charge is -2.13. The molecule has 2 nitrogen and oxygen atoms in total. The summed E-state index contributed by atoms with van der Waals surface area (Å²) < 4.78 is 0. The van der Waals surface area contributed by atoms with E-state index in [0.717, 1.165) is 43.1 Å². The molecule has 0 heterocycles. The lowest BCUT2D eigenvalue weighted by molar-refractivity contribution is 1.68. The van der Waals surface area contributed by atoms with E-state index in [2.05, 4.69) is 0 Å². The van der Waals surface area contributed by atoms with Gasteiger partial charge in [-0.1, -0.05) is 36.4 Å². The van der Waals surface area contributed by atoms with Crippen molar-refractivity contribution in [1.29, 1.82) is 0 Å². The highest BCUT2D eigenvalue weighted by atomic mass is 16.1. The summed E-state index contributed by atoms with van der Waals surface area (Å²) in [5.74, 6) is 0. The van der Waals surface area contributed by atoms with Crippen LogP contribution < -0.4 is 10.9 Å². The largest absolute Gasteiger partial charge is 0.289 e. The first-order valence-corrected chi connectivity index (χ1v) is 7.22. The summed E-state index contributed by atoms with van der Waals surface area (Å²) in [5, 5.41) is 7.61. The Morgan fingerprint density at radius 1 is 0.409 bits per heavy atom. The number of rotatable bonds is 0. The Morgan fingerprint density at radius 2 is 0.773 bits per heavy atom. The highest BCUT2D eigenvalue weighted by Gasteiger charge is 2.14. The molecular formula is C20H10O2. The molecule has 0 fully saturated rings. The van der Waals surface area contributed by atoms with Crippen molar-refractivity contribution in [3.8, 4) is 0 Å². The summed E-state index contributed by atoms with van der Waals surface area (Å²) in [6.45, 7) is 0. The van der Waals surface area contributed by atoms with E-state index < -0.39 is 0 Å². The molecule has 0 amide bonds. The second-order valence-corrected chi connectivity index (χ2v) is 5.68. The van der Waals surface area contributed by atoms with Crippen LogP contribution in [-0.2, 0) is 0 Å². The second-order valence-electron chi connectivity index (χ2n) is 5.68. The Kier molecular flexibility index (Phi) is 2.01. The first-order chi connectivity index (χ1) is 10.8. The predicted octanol–water partition coefficient (Wildman–Crippen LogP) is 3.90. The van der Waals surface area contributed by atoms with Crippen LogP contribution in [-0.4, -0.2) is 0 Å². The van der Waals surface area contributed by atoms with Crippen LogP contribution in [0.25, 0.3) is 43.1 Å². The van der Waals surface area contributed by atoms with Gasteiger partial charge in [0.2, 0.25) is 0 Å². The van der Waals surface area contributed by atoms with Gasteiger partial charge in [-0.3, -0.25) is 9.59 Å². The van der Waals surface area contributed by atoms with Crippen molar-refractivity contribution in [2.24, 2.45) is 0 Å². The molecule has 5 aromatic carbocycles. The van der Waals surface area contributed by atoms with Crippen LogP contribution in [0.4, 0.5) is 0 Å². The zero-order chi connectivity index (χ0) is 14.8. The van der Waals surface area contributed by atoms with Crippen molar-refractivity contribution in [3.05, 3.63) is 81.1 Å². The van der Waals surface area contributed by atoms with Crippen LogP contribution in [0.5, 0.6) is 0 Å². The van der Waals surface area contributed by atoms with Gasteiger partial charge in [-0.2, -0.15) is 0 Å². The minimum atomic E-state index is 0.0386. The van der Waals surface area contributed by atoms with Gasteiger partial charge in [0.1, 0.15) is 0 Å². The molecule has 0 N–H and O–H groups in total. The average Bonchev–Trinajstić information content (AvgIpc) is 2.56. The Hall–Kier alpha value is -3.00. The third kappa shape index (κ3) is 1.25. The number of hydrogen-bond donors (Lipinski definition) is 0. The van der Waals surface area contributed by atoms with Crippen molar-refractivity contribution in [3.63, 3.8) is 0 Å². The molecule has 0 aliphatic heterocycles. The van der Waals surface area contributed by atoms with Gasteiger partial charge in [0, 0.05) is 21.5 Å². The highest BCUT2D eigenvalue weighted by Crippen LogP contribution is 2.37. The van der Waals surface area contributed by atoms with Gasteiger partial charge in [0.15, 0.2) is 10.9 Å². The van der Waals surface area contributed by atoms with Crippen molar-refractivity contribution in [2.45, 2.75) is 0 Å². The Morgan fingerprint density at radius 3 is 1.23 bits per heavy atom. The van der Waals surface area contributed by atoms with Gasteiger partial charge in [-0.05, 0) is 45.8 Å². The van der Waals surface area contributed by atoms with E-state index in [0.29, 0.717) is 0 Å². The van der Waals surface area contributed by atoms with E-state index in [9.17, 15) is 9.59 Å². The first kappa shape index (κ1) is 11.6. The highest BCUT2D eigenvalue weighted by molar-refractivity contribution is 6.32. The van der Waals surface area contributed by atoms with Gasteiger partial charge in [-0.25, -0.2) is 0 Å². The van der Waals surface area contributed by atoms with Crippen molar-refractivity contribution in [1.82, 2.24) is 0 Å². The zero-order valence-corrected chi connectivity index (χ0v) is 11.6. The summed E-state index contributed by atoms with van der Waals surface area (Å²) in [6.07, 6.45) is 0. The van der Waals surface area contributed by atoms with Gasteiger partial charge in [0.05, 0.1) is 0 Å². The fourth-order valence-corrected chi connectivity index (χ4v) is 3.66. The predicted molar refractivity (Wildman–Crippen MR) is 91.4 cm³/mol. The number of benzene rings is 5. The molecule has 102 valence electrons. The van der Waals surface area contributed by atoms with Crippen LogP contribution in [0.15, 0.2) is 70.3 Å². The monoisotopic (exact) mass is 282 g/mol. The molecule has 5 aromatic rings. The van der Waals surface area contributed by atoms with E-state index >= 15 is 0 Å². The normalized spacial score (nSPS) is 12.0. The molecule has 0 aliphatic carbocycles. The van der Waals surface area contributed by atoms with E-state index in [1.807, 2.05) is 48.5 Å². The average molecular weight is 282 g/mol. The summed E-state index contributed by atoms with van der Waals surface area (Å²) in [6, 6.07) is 18.6. The number of fused-ring (bicyclic) bond motifs is 2. The summed E-state index contributed by atoms with van der Waals surface area (Å²) in [7, 11) is 0. The van der Waals surface area contributed by atoms with E-state index in [1.165, 1.54) is 0 Å². The Balaban J connectivity index is 2.33. The van der Waals surface area contributed by atoms with Crippen molar-refractivity contribution >= 4 is 43.1 Å². The molecule has 2 heteroatoms. The smallest absolute Gasteiger partial charge is 0.186 e. The Bertz CT molecular complexity index is 1180. The summed E-state index contributed by atoms with van der Waals surface area (Å²) >= 11 is 0. The van der Waals surface area contributed by atoms with E-state index in [4.69, 9.17) is 0 Å². The number of hydrogen-bond acceptors (Lipinski definition) is 2. The van der Waals surface area contributed by atoms with Crippen LogP contribution >= 0.6 is 0 Å². The lowest BCUT2D eigenvalue weighted by atomic mass is 9.90. The maximum atomic E-state index is 12.2. The Labute approximate surface area is 124 Å². The first-order valence-electron chi connectivity index (χ1n) is 7.22. The molecule has 5 rings (SSSR count). The molecule has 0 aromatic heterocycles. The van der Waals surface area contributed by atoms with Crippen LogP contribution in [0.3, 0.4) is 0 Å². The van der Waals surface area contributed by atoms with Crippen LogP contribution in [0, 0.1) is 0 Å². The molecule has 0 saturated carbocycles. The standard InChI is InChI=1S/C20H10O2/c21-17-9-7-13-14-8-10-18(22)16-6-2-4-12(20(14)16)11-3-1-5-15(17)19(11)13/h1-10H. The molecule has 0 bridgehead atoms. The quantitative estimate of drug-likeness (QED) is 0.319. The van der Waals surface area contributed by atoms with Gasteiger partial charge < -0.3 is 0 Å². The third-order valence-electron chi connectivity index (χ3n) is 4.58.